The number of carbonyl (C=O) groups is 1. The monoisotopic (exact) mass is 298 g/mol. The summed E-state index contributed by atoms with van der Waals surface area (Å²) in [5.41, 5.74) is 1.17. The van der Waals surface area contributed by atoms with E-state index in [9.17, 15) is 4.79 Å². The smallest absolute Gasteiger partial charge is 0.223 e. The molecule has 0 saturated carbocycles. The molecule has 0 spiro atoms. The van der Waals surface area contributed by atoms with E-state index in [1.807, 2.05) is 29.1 Å². The molecule has 1 fully saturated rings. The Hall–Kier alpha value is -2.17. The van der Waals surface area contributed by atoms with E-state index < -0.39 is 0 Å². The van der Waals surface area contributed by atoms with E-state index in [-0.39, 0.29) is 11.9 Å². The maximum absolute atomic E-state index is 12.6. The summed E-state index contributed by atoms with van der Waals surface area (Å²) in [6.45, 7) is 1.68. The van der Waals surface area contributed by atoms with Crippen molar-refractivity contribution < 1.29 is 4.79 Å². The fraction of sp³-hybridized carbons (Fsp3) is 0.471. The molecule has 0 bridgehead atoms. The molecule has 5 heteroatoms. The van der Waals surface area contributed by atoms with E-state index in [2.05, 4.69) is 15.0 Å². The van der Waals surface area contributed by atoms with Gasteiger partial charge in [-0.05, 0) is 49.4 Å². The van der Waals surface area contributed by atoms with Gasteiger partial charge in [-0.15, -0.1) is 0 Å². The van der Waals surface area contributed by atoms with Crippen molar-refractivity contribution in [3.05, 3.63) is 48.5 Å². The number of carbonyl (C=O) groups excluding carboxylic acids is 1. The van der Waals surface area contributed by atoms with Crippen LogP contribution < -0.4 is 0 Å². The Balaban J connectivity index is 1.58. The zero-order chi connectivity index (χ0) is 15.2. The summed E-state index contributed by atoms with van der Waals surface area (Å²) in [5, 5.41) is 4.27. The van der Waals surface area contributed by atoms with Crippen molar-refractivity contribution in [2.75, 3.05) is 6.54 Å². The second kappa shape index (κ2) is 7.20. The minimum atomic E-state index is 0.258. The predicted molar refractivity (Wildman–Crippen MR) is 84.1 cm³/mol. The molecule has 3 rings (SSSR count). The van der Waals surface area contributed by atoms with Gasteiger partial charge in [0, 0.05) is 37.8 Å². The van der Waals surface area contributed by atoms with E-state index in [1.165, 1.54) is 12.0 Å². The van der Waals surface area contributed by atoms with Crippen molar-refractivity contribution in [1.29, 1.82) is 0 Å². The van der Waals surface area contributed by atoms with Crippen LogP contribution in [-0.4, -0.2) is 38.2 Å². The maximum atomic E-state index is 12.6. The molecule has 1 aliphatic rings. The number of nitrogens with zero attached hydrogens (tertiary/aromatic N) is 4. The molecule has 1 aliphatic heterocycles. The third-order valence-corrected chi connectivity index (χ3v) is 4.28. The highest BCUT2D eigenvalue weighted by Crippen LogP contribution is 2.20. The lowest BCUT2D eigenvalue weighted by atomic mass is 10.0. The van der Waals surface area contributed by atoms with E-state index in [4.69, 9.17) is 0 Å². The molecule has 1 unspecified atom stereocenters. The van der Waals surface area contributed by atoms with Gasteiger partial charge in [0.1, 0.15) is 0 Å². The largest absolute Gasteiger partial charge is 0.338 e. The van der Waals surface area contributed by atoms with Gasteiger partial charge in [0.2, 0.25) is 5.91 Å². The number of hydrogen-bond donors (Lipinski definition) is 0. The van der Waals surface area contributed by atoms with Gasteiger partial charge in [0.25, 0.3) is 0 Å². The first-order valence-electron chi connectivity index (χ1n) is 7.99. The average Bonchev–Trinajstić information content (AvgIpc) is 3.07. The summed E-state index contributed by atoms with van der Waals surface area (Å²) in [6, 6.07) is 6.16. The summed E-state index contributed by atoms with van der Waals surface area (Å²) in [6.07, 6.45) is 12.0. The van der Waals surface area contributed by atoms with Gasteiger partial charge in [-0.2, -0.15) is 5.10 Å². The molecule has 22 heavy (non-hydrogen) atoms. The van der Waals surface area contributed by atoms with Gasteiger partial charge in [-0.3, -0.25) is 14.5 Å². The fourth-order valence-corrected chi connectivity index (χ4v) is 3.09. The van der Waals surface area contributed by atoms with Crippen molar-refractivity contribution >= 4 is 5.91 Å². The highest BCUT2D eigenvalue weighted by molar-refractivity contribution is 5.76. The molecule has 2 aromatic heterocycles. The molecule has 1 amide bonds. The number of aromatic nitrogens is 3. The van der Waals surface area contributed by atoms with Crippen LogP contribution in [0.1, 0.15) is 31.2 Å². The minimum Gasteiger partial charge on any atom is -0.338 e. The third-order valence-electron chi connectivity index (χ3n) is 4.28. The Morgan fingerprint density at radius 3 is 2.86 bits per heavy atom. The van der Waals surface area contributed by atoms with Crippen LogP contribution in [0.4, 0.5) is 0 Å². The third kappa shape index (κ3) is 3.72. The number of piperidine rings is 1. The average molecular weight is 298 g/mol. The first-order chi connectivity index (χ1) is 10.8. The lowest BCUT2D eigenvalue weighted by Gasteiger charge is -2.36. The fourth-order valence-electron chi connectivity index (χ4n) is 3.09. The second-order valence-corrected chi connectivity index (χ2v) is 5.82. The lowest BCUT2D eigenvalue weighted by molar-refractivity contribution is -0.135. The molecule has 1 saturated heterocycles. The summed E-state index contributed by atoms with van der Waals surface area (Å²) in [4.78, 5) is 18.7. The molecule has 116 valence electrons. The Labute approximate surface area is 131 Å². The molecule has 0 radical (unpaired) electrons. The van der Waals surface area contributed by atoms with Crippen LogP contribution in [-0.2, 0) is 17.8 Å². The van der Waals surface area contributed by atoms with E-state index in [0.717, 1.165) is 32.4 Å². The quantitative estimate of drug-likeness (QED) is 0.851. The van der Waals surface area contributed by atoms with Crippen molar-refractivity contribution in [2.24, 2.45) is 0 Å². The Kier molecular flexibility index (Phi) is 4.83. The molecule has 5 nitrogen and oxygen atoms in total. The normalized spacial score (nSPS) is 18.4. The van der Waals surface area contributed by atoms with Gasteiger partial charge in [-0.25, -0.2) is 0 Å². The van der Waals surface area contributed by atoms with Crippen LogP contribution >= 0.6 is 0 Å². The number of likely N-dealkylation sites (tertiary alicyclic amines) is 1. The number of aryl methyl sites for hydroxylation is 1. The molecule has 2 aromatic rings. The van der Waals surface area contributed by atoms with Gasteiger partial charge < -0.3 is 4.90 Å². The van der Waals surface area contributed by atoms with Gasteiger partial charge in [-0.1, -0.05) is 0 Å². The molecular formula is C17H22N4O. The Bertz CT molecular complexity index is 582. The van der Waals surface area contributed by atoms with Crippen molar-refractivity contribution in [2.45, 2.75) is 44.7 Å². The number of hydrogen-bond acceptors (Lipinski definition) is 3. The van der Waals surface area contributed by atoms with Crippen LogP contribution in [0.5, 0.6) is 0 Å². The maximum Gasteiger partial charge on any atom is 0.223 e. The number of rotatable bonds is 5. The van der Waals surface area contributed by atoms with Crippen LogP contribution in [0.15, 0.2) is 43.0 Å². The molecule has 3 heterocycles. The van der Waals surface area contributed by atoms with Gasteiger partial charge >= 0.3 is 0 Å². The summed E-state index contributed by atoms with van der Waals surface area (Å²) in [7, 11) is 0. The lowest BCUT2D eigenvalue weighted by Crippen LogP contribution is -2.46. The van der Waals surface area contributed by atoms with Gasteiger partial charge in [0.05, 0.1) is 12.6 Å². The second-order valence-electron chi connectivity index (χ2n) is 5.82. The molecule has 0 aliphatic carbocycles. The zero-order valence-electron chi connectivity index (χ0n) is 12.8. The Morgan fingerprint density at radius 1 is 1.23 bits per heavy atom. The number of amides is 1. The Morgan fingerprint density at radius 2 is 2.09 bits per heavy atom. The number of pyridine rings is 1. The molecular weight excluding hydrogens is 276 g/mol. The van der Waals surface area contributed by atoms with Crippen molar-refractivity contribution in [3.63, 3.8) is 0 Å². The van der Waals surface area contributed by atoms with Crippen molar-refractivity contribution in [3.8, 4) is 0 Å². The van der Waals surface area contributed by atoms with Crippen LogP contribution in [0.25, 0.3) is 0 Å². The van der Waals surface area contributed by atoms with E-state index in [0.29, 0.717) is 6.42 Å². The first-order valence-corrected chi connectivity index (χ1v) is 7.99. The predicted octanol–water partition coefficient (Wildman–Crippen LogP) is 2.29. The minimum absolute atomic E-state index is 0.258. The summed E-state index contributed by atoms with van der Waals surface area (Å²) in [5.74, 6) is 0.258. The summed E-state index contributed by atoms with van der Waals surface area (Å²) >= 11 is 0. The van der Waals surface area contributed by atoms with Gasteiger partial charge in [0.15, 0.2) is 0 Å². The highest BCUT2D eigenvalue weighted by atomic mass is 16.2. The van der Waals surface area contributed by atoms with Crippen LogP contribution in [0, 0.1) is 0 Å². The molecule has 0 aromatic carbocycles. The highest BCUT2D eigenvalue weighted by Gasteiger charge is 2.26. The van der Waals surface area contributed by atoms with E-state index in [1.54, 1.807) is 18.6 Å². The van der Waals surface area contributed by atoms with Crippen molar-refractivity contribution in [1.82, 2.24) is 19.7 Å². The van der Waals surface area contributed by atoms with Crippen LogP contribution in [0.3, 0.4) is 0 Å². The first kappa shape index (κ1) is 14.8. The SMILES string of the molecule is O=C(CCc1ccncc1)N1CCCCC1Cn1cccn1. The summed E-state index contributed by atoms with van der Waals surface area (Å²) < 4.78 is 1.93. The molecule has 0 N–H and O–H groups in total. The standard InChI is InChI=1S/C17H22N4O/c22-17(6-5-15-7-10-18-11-8-15)21-13-2-1-4-16(21)14-20-12-3-9-19-20/h3,7-12,16H,1-2,4-6,13-14H2. The van der Waals surface area contributed by atoms with Crippen LogP contribution in [0.2, 0.25) is 0 Å². The topological polar surface area (TPSA) is 51.0 Å². The molecule has 1 atom stereocenters. The van der Waals surface area contributed by atoms with E-state index >= 15 is 0 Å². The zero-order valence-corrected chi connectivity index (χ0v) is 12.8.